The number of hydrogen-bond donors (Lipinski definition) is 0. The van der Waals surface area contributed by atoms with E-state index < -0.39 is 45.4 Å². The zero-order valence-corrected chi connectivity index (χ0v) is 17.1. The van der Waals surface area contributed by atoms with Crippen molar-refractivity contribution in [3.05, 3.63) is 0 Å². The van der Waals surface area contributed by atoms with E-state index in [1.165, 1.54) is 0 Å². The Labute approximate surface area is 165 Å². The van der Waals surface area contributed by atoms with Crippen molar-refractivity contribution in [1.82, 2.24) is 4.90 Å². The van der Waals surface area contributed by atoms with E-state index in [9.17, 15) is 18.0 Å². The first-order chi connectivity index (χ1) is 13.3. The number of morpholine rings is 1. The summed E-state index contributed by atoms with van der Waals surface area (Å²) >= 11 is 0. The lowest BCUT2D eigenvalue weighted by Gasteiger charge is -2.34. The summed E-state index contributed by atoms with van der Waals surface area (Å²) in [6, 6.07) is 0. The van der Waals surface area contributed by atoms with Gasteiger partial charge in [-0.05, 0) is 32.1 Å². The lowest BCUT2D eigenvalue weighted by molar-refractivity contribution is -0.175. The smallest absolute Gasteiger partial charge is 0.320 e. The molecule has 28 heavy (non-hydrogen) atoms. The van der Waals surface area contributed by atoms with Crippen molar-refractivity contribution in [1.29, 1.82) is 0 Å². The van der Waals surface area contributed by atoms with Gasteiger partial charge in [0.15, 0.2) is 0 Å². The van der Waals surface area contributed by atoms with E-state index in [-0.39, 0.29) is 13.2 Å². The molecule has 2 aliphatic heterocycles. The number of rotatable bonds is 6. The first-order valence-electron chi connectivity index (χ1n) is 9.92. The summed E-state index contributed by atoms with van der Waals surface area (Å²) < 4.78 is 45.0. The number of ether oxygens (including phenoxy) is 3. The highest BCUT2D eigenvalue weighted by atomic mass is 32.2. The highest BCUT2D eigenvalue weighted by Gasteiger charge is 2.45. The summed E-state index contributed by atoms with van der Waals surface area (Å²) in [6.07, 6.45) is 3.18. The second-order valence-corrected chi connectivity index (χ2v) is 9.38. The monoisotopic (exact) mass is 419 g/mol. The van der Waals surface area contributed by atoms with Gasteiger partial charge in [-0.1, -0.05) is 6.92 Å². The molecule has 0 amide bonds. The number of carbonyl (C=O) groups excluding carboxylic acids is 2. The minimum atomic E-state index is -3.84. The molecule has 0 aromatic carbocycles. The number of esters is 2. The van der Waals surface area contributed by atoms with Crippen LogP contribution in [-0.4, -0.2) is 82.2 Å². The Hall–Kier alpha value is -1.23. The molecule has 0 aromatic heterocycles. The molecule has 10 heteroatoms. The van der Waals surface area contributed by atoms with Crippen LogP contribution in [0.1, 0.15) is 39.0 Å². The molecule has 1 aliphatic carbocycles. The van der Waals surface area contributed by atoms with Crippen LogP contribution in [0.2, 0.25) is 0 Å². The fourth-order valence-corrected chi connectivity index (χ4v) is 5.12. The molecular formula is C18H29NO8S. The van der Waals surface area contributed by atoms with Crippen LogP contribution in [0.4, 0.5) is 0 Å². The predicted octanol–water partition coefficient (Wildman–Crippen LogP) is 0.473. The minimum absolute atomic E-state index is 0.0292. The lowest BCUT2D eigenvalue weighted by atomic mass is 9.97. The summed E-state index contributed by atoms with van der Waals surface area (Å²) in [6.45, 7) is 3.91. The van der Waals surface area contributed by atoms with Crippen molar-refractivity contribution in [3.8, 4) is 0 Å². The van der Waals surface area contributed by atoms with Gasteiger partial charge in [-0.3, -0.25) is 18.7 Å². The van der Waals surface area contributed by atoms with Crippen LogP contribution in [-0.2, 0) is 38.1 Å². The normalized spacial score (nSPS) is 29.9. The molecular weight excluding hydrogens is 390 g/mol. The van der Waals surface area contributed by atoms with Crippen molar-refractivity contribution in [2.45, 2.75) is 50.7 Å². The Balaban J connectivity index is 1.64. The zero-order chi connectivity index (χ0) is 20.2. The standard InChI is InChI=1S/C18H29NO8S/c1-2-18(5-3-4-6-18)27-17(21)14-12-25-28(22,23)13-15(14)26-16(20)11-19-7-9-24-10-8-19/h14-15H,2-13H2,1H3. The molecule has 0 aromatic rings. The SMILES string of the molecule is CCC1(OC(=O)C2COS(=O)(=O)CC2OC(=O)CN2CCOCC2)CCCC1. The van der Waals surface area contributed by atoms with Crippen LogP contribution < -0.4 is 0 Å². The fourth-order valence-electron chi connectivity index (χ4n) is 3.97. The second-order valence-electron chi connectivity index (χ2n) is 7.70. The summed E-state index contributed by atoms with van der Waals surface area (Å²) in [5.41, 5.74) is -0.504. The van der Waals surface area contributed by atoms with Crippen LogP contribution in [0.5, 0.6) is 0 Å². The molecule has 1 saturated carbocycles. The molecule has 2 unspecified atom stereocenters. The molecule has 3 fully saturated rings. The first kappa shape index (κ1) is 21.5. The van der Waals surface area contributed by atoms with Crippen molar-refractivity contribution >= 4 is 22.1 Å². The summed E-state index contributed by atoms with van der Waals surface area (Å²) in [5.74, 6) is -2.60. The highest BCUT2D eigenvalue weighted by molar-refractivity contribution is 7.86. The highest BCUT2D eigenvalue weighted by Crippen LogP contribution is 2.37. The molecule has 2 heterocycles. The Morgan fingerprint density at radius 1 is 1.18 bits per heavy atom. The Bertz CT molecular complexity index is 667. The van der Waals surface area contributed by atoms with Crippen molar-refractivity contribution in [3.63, 3.8) is 0 Å². The third-order valence-electron chi connectivity index (χ3n) is 5.76. The summed E-state index contributed by atoms with van der Waals surface area (Å²) in [4.78, 5) is 27.0. The summed E-state index contributed by atoms with van der Waals surface area (Å²) in [5, 5.41) is 0. The van der Waals surface area contributed by atoms with Crippen molar-refractivity contribution in [2.75, 3.05) is 45.2 Å². The Morgan fingerprint density at radius 3 is 2.50 bits per heavy atom. The maximum atomic E-state index is 12.8. The van der Waals surface area contributed by atoms with Gasteiger partial charge in [-0.25, -0.2) is 0 Å². The van der Waals surface area contributed by atoms with E-state index in [1.54, 1.807) is 0 Å². The number of carbonyl (C=O) groups is 2. The average Bonchev–Trinajstić information content (AvgIpc) is 3.10. The van der Waals surface area contributed by atoms with Crippen molar-refractivity contribution in [2.24, 2.45) is 5.92 Å². The van der Waals surface area contributed by atoms with E-state index in [2.05, 4.69) is 0 Å². The van der Waals surface area contributed by atoms with Gasteiger partial charge in [0.05, 0.1) is 26.4 Å². The van der Waals surface area contributed by atoms with Crippen LogP contribution in [0, 0.1) is 5.92 Å². The van der Waals surface area contributed by atoms with E-state index in [4.69, 9.17) is 18.4 Å². The first-order valence-corrected chi connectivity index (χ1v) is 11.5. The molecule has 2 saturated heterocycles. The molecule has 2 atom stereocenters. The van der Waals surface area contributed by atoms with Crippen LogP contribution >= 0.6 is 0 Å². The largest absolute Gasteiger partial charge is 0.459 e. The molecule has 0 bridgehead atoms. The van der Waals surface area contributed by atoms with Gasteiger partial charge in [0.25, 0.3) is 10.1 Å². The third-order valence-corrected chi connectivity index (χ3v) is 6.99. The van der Waals surface area contributed by atoms with E-state index in [0.29, 0.717) is 32.7 Å². The Kier molecular flexibility index (Phi) is 6.95. The molecule has 160 valence electrons. The molecule has 0 radical (unpaired) electrons. The van der Waals surface area contributed by atoms with Gasteiger partial charge in [0.1, 0.15) is 23.4 Å². The molecule has 9 nitrogen and oxygen atoms in total. The fraction of sp³-hybridized carbons (Fsp3) is 0.889. The minimum Gasteiger partial charge on any atom is -0.459 e. The Morgan fingerprint density at radius 2 is 1.86 bits per heavy atom. The third kappa shape index (κ3) is 5.43. The topological polar surface area (TPSA) is 108 Å². The number of nitrogens with zero attached hydrogens (tertiary/aromatic N) is 1. The predicted molar refractivity (Wildman–Crippen MR) is 97.9 cm³/mol. The molecule has 0 N–H and O–H groups in total. The maximum Gasteiger partial charge on any atom is 0.320 e. The average molecular weight is 419 g/mol. The zero-order valence-electron chi connectivity index (χ0n) is 16.3. The number of hydrogen-bond acceptors (Lipinski definition) is 9. The second kappa shape index (κ2) is 9.06. The van der Waals surface area contributed by atoms with Crippen LogP contribution in [0.25, 0.3) is 0 Å². The molecule has 3 rings (SSSR count). The van der Waals surface area contributed by atoms with Gasteiger partial charge >= 0.3 is 11.9 Å². The quantitative estimate of drug-likeness (QED) is 0.448. The van der Waals surface area contributed by atoms with E-state index in [0.717, 1.165) is 25.7 Å². The van der Waals surface area contributed by atoms with Gasteiger partial charge in [0.2, 0.25) is 0 Å². The van der Waals surface area contributed by atoms with E-state index >= 15 is 0 Å². The van der Waals surface area contributed by atoms with Crippen molar-refractivity contribution < 1.29 is 36.4 Å². The van der Waals surface area contributed by atoms with Gasteiger partial charge in [-0.2, -0.15) is 8.42 Å². The van der Waals surface area contributed by atoms with Crippen LogP contribution in [0.3, 0.4) is 0 Å². The summed E-state index contributed by atoms with van der Waals surface area (Å²) in [7, 11) is -3.84. The molecule has 3 aliphatic rings. The van der Waals surface area contributed by atoms with Gasteiger partial charge < -0.3 is 14.2 Å². The van der Waals surface area contributed by atoms with Gasteiger partial charge in [0, 0.05) is 13.1 Å². The maximum absolute atomic E-state index is 12.8. The lowest BCUT2D eigenvalue weighted by Crippen LogP contribution is -2.49. The van der Waals surface area contributed by atoms with Gasteiger partial charge in [-0.15, -0.1) is 0 Å². The van der Waals surface area contributed by atoms with Crippen LogP contribution in [0.15, 0.2) is 0 Å². The van der Waals surface area contributed by atoms with E-state index in [1.807, 2.05) is 11.8 Å². The molecule has 0 spiro atoms.